The summed E-state index contributed by atoms with van der Waals surface area (Å²) in [6.07, 6.45) is -4.43. The van der Waals surface area contributed by atoms with E-state index >= 15 is 0 Å². The SMILES string of the molecule is FC(F)(F)c1ccc(Cl)cc1C#CCCl. The van der Waals surface area contributed by atoms with Crippen LogP contribution in [0.25, 0.3) is 0 Å². The van der Waals surface area contributed by atoms with Gasteiger partial charge in [-0.15, -0.1) is 11.6 Å². The summed E-state index contributed by atoms with van der Waals surface area (Å²) in [4.78, 5) is 0. The molecular formula is C10H5Cl2F3. The normalized spacial score (nSPS) is 10.7. The zero-order valence-electron chi connectivity index (χ0n) is 7.33. The third-order valence-electron chi connectivity index (χ3n) is 1.58. The van der Waals surface area contributed by atoms with Crippen LogP contribution >= 0.6 is 23.2 Å². The van der Waals surface area contributed by atoms with Gasteiger partial charge in [0, 0.05) is 10.6 Å². The van der Waals surface area contributed by atoms with Gasteiger partial charge in [0.2, 0.25) is 0 Å². The van der Waals surface area contributed by atoms with Gasteiger partial charge in [-0.1, -0.05) is 23.4 Å². The summed E-state index contributed by atoms with van der Waals surface area (Å²) >= 11 is 10.8. The molecule has 0 N–H and O–H groups in total. The largest absolute Gasteiger partial charge is 0.417 e. The van der Waals surface area contributed by atoms with Crippen molar-refractivity contribution in [1.82, 2.24) is 0 Å². The van der Waals surface area contributed by atoms with Crippen molar-refractivity contribution < 1.29 is 13.2 Å². The van der Waals surface area contributed by atoms with Crippen LogP contribution in [0.3, 0.4) is 0 Å². The third-order valence-corrected chi connectivity index (χ3v) is 1.95. The van der Waals surface area contributed by atoms with E-state index in [2.05, 4.69) is 11.8 Å². The fourth-order valence-corrected chi connectivity index (χ4v) is 1.23. The van der Waals surface area contributed by atoms with Gasteiger partial charge >= 0.3 is 6.18 Å². The summed E-state index contributed by atoms with van der Waals surface area (Å²) in [6, 6.07) is 3.25. The number of benzene rings is 1. The highest BCUT2D eigenvalue weighted by molar-refractivity contribution is 6.30. The quantitative estimate of drug-likeness (QED) is 0.485. The molecular weight excluding hydrogens is 248 g/mol. The van der Waals surface area contributed by atoms with Gasteiger partial charge in [0.25, 0.3) is 0 Å². The van der Waals surface area contributed by atoms with Crippen LogP contribution in [0.2, 0.25) is 5.02 Å². The predicted molar refractivity (Wildman–Crippen MR) is 54.1 cm³/mol. The molecule has 0 saturated carbocycles. The molecule has 0 amide bonds. The van der Waals surface area contributed by atoms with E-state index in [1.807, 2.05) is 0 Å². The van der Waals surface area contributed by atoms with Crippen molar-refractivity contribution >= 4 is 23.2 Å². The fourth-order valence-electron chi connectivity index (χ4n) is 0.996. The first kappa shape index (κ1) is 12.2. The van der Waals surface area contributed by atoms with E-state index in [4.69, 9.17) is 23.2 Å². The van der Waals surface area contributed by atoms with Gasteiger partial charge in [-0.3, -0.25) is 0 Å². The highest BCUT2D eigenvalue weighted by Gasteiger charge is 2.32. The first-order chi connectivity index (χ1) is 6.95. The van der Waals surface area contributed by atoms with E-state index in [9.17, 15) is 13.2 Å². The van der Waals surface area contributed by atoms with Crippen LogP contribution in [0, 0.1) is 11.8 Å². The highest BCUT2D eigenvalue weighted by atomic mass is 35.5. The molecule has 0 radical (unpaired) electrons. The molecule has 0 saturated heterocycles. The lowest BCUT2D eigenvalue weighted by Gasteiger charge is -2.08. The van der Waals surface area contributed by atoms with Crippen molar-refractivity contribution in [3.63, 3.8) is 0 Å². The molecule has 1 aromatic carbocycles. The summed E-state index contributed by atoms with van der Waals surface area (Å²) in [5, 5.41) is 0.210. The minimum Gasteiger partial charge on any atom is -0.166 e. The summed E-state index contributed by atoms with van der Waals surface area (Å²) in [5.74, 6) is 4.66. The van der Waals surface area contributed by atoms with Gasteiger partial charge in [-0.2, -0.15) is 13.2 Å². The highest BCUT2D eigenvalue weighted by Crippen LogP contribution is 2.32. The zero-order valence-corrected chi connectivity index (χ0v) is 8.84. The van der Waals surface area contributed by atoms with Crippen molar-refractivity contribution in [2.75, 3.05) is 5.88 Å². The van der Waals surface area contributed by atoms with Gasteiger partial charge < -0.3 is 0 Å². The van der Waals surface area contributed by atoms with E-state index in [-0.39, 0.29) is 16.5 Å². The average molecular weight is 253 g/mol. The van der Waals surface area contributed by atoms with Crippen molar-refractivity contribution in [3.05, 3.63) is 34.3 Å². The van der Waals surface area contributed by atoms with Crippen molar-refractivity contribution in [3.8, 4) is 11.8 Å². The van der Waals surface area contributed by atoms with E-state index in [1.165, 1.54) is 12.1 Å². The van der Waals surface area contributed by atoms with E-state index in [0.29, 0.717) is 0 Å². The number of hydrogen-bond donors (Lipinski definition) is 0. The van der Waals surface area contributed by atoms with Crippen LogP contribution in [0.4, 0.5) is 13.2 Å². The van der Waals surface area contributed by atoms with Gasteiger partial charge in [-0.25, -0.2) is 0 Å². The van der Waals surface area contributed by atoms with E-state index in [0.717, 1.165) is 6.07 Å². The maximum absolute atomic E-state index is 12.5. The molecule has 0 bridgehead atoms. The predicted octanol–water partition coefficient (Wildman–Crippen LogP) is 3.95. The second-order valence-corrected chi connectivity index (χ2v) is 3.33. The Morgan fingerprint density at radius 3 is 2.47 bits per heavy atom. The summed E-state index contributed by atoms with van der Waals surface area (Å²) < 4.78 is 37.4. The summed E-state index contributed by atoms with van der Waals surface area (Å²) in [7, 11) is 0. The summed E-state index contributed by atoms with van der Waals surface area (Å²) in [6.45, 7) is 0. The number of halogens is 5. The molecule has 80 valence electrons. The molecule has 0 aromatic heterocycles. The maximum Gasteiger partial charge on any atom is 0.417 e. The van der Waals surface area contributed by atoms with Crippen LogP contribution in [-0.4, -0.2) is 5.88 Å². The molecule has 5 heteroatoms. The molecule has 0 spiro atoms. The molecule has 0 unspecified atom stereocenters. The van der Waals surface area contributed by atoms with Crippen LogP contribution in [0.15, 0.2) is 18.2 Å². The maximum atomic E-state index is 12.5. The van der Waals surface area contributed by atoms with Crippen molar-refractivity contribution in [2.45, 2.75) is 6.18 Å². The molecule has 0 aliphatic rings. The Kier molecular flexibility index (Phi) is 3.90. The fraction of sp³-hybridized carbons (Fsp3) is 0.200. The van der Waals surface area contributed by atoms with Crippen molar-refractivity contribution in [2.24, 2.45) is 0 Å². The Balaban J connectivity index is 3.27. The Labute approximate surface area is 95.0 Å². The molecule has 0 heterocycles. The Morgan fingerprint density at radius 1 is 1.27 bits per heavy atom. The molecule has 15 heavy (non-hydrogen) atoms. The minimum absolute atomic E-state index is 0.0240. The molecule has 0 atom stereocenters. The van der Waals surface area contributed by atoms with Crippen LogP contribution < -0.4 is 0 Å². The van der Waals surface area contributed by atoms with Gasteiger partial charge in [-0.05, 0) is 18.2 Å². The lowest BCUT2D eigenvalue weighted by molar-refractivity contribution is -0.137. The minimum atomic E-state index is -4.43. The Hall–Kier alpha value is -0.850. The summed E-state index contributed by atoms with van der Waals surface area (Å²) in [5.41, 5.74) is -0.958. The van der Waals surface area contributed by atoms with Gasteiger partial charge in [0.15, 0.2) is 0 Å². The van der Waals surface area contributed by atoms with E-state index in [1.54, 1.807) is 0 Å². The number of alkyl halides is 4. The first-order valence-electron chi connectivity index (χ1n) is 3.86. The smallest absolute Gasteiger partial charge is 0.166 e. The van der Waals surface area contributed by atoms with Crippen LogP contribution in [0.1, 0.15) is 11.1 Å². The lowest BCUT2D eigenvalue weighted by atomic mass is 10.1. The molecule has 0 aliphatic carbocycles. The molecule has 1 aromatic rings. The molecule has 1 rings (SSSR count). The first-order valence-corrected chi connectivity index (χ1v) is 4.78. The van der Waals surface area contributed by atoms with Gasteiger partial charge in [0.1, 0.15) is 0 Å². The second-order valence-electron chi connectivity index (χ2n) is 2.62. The molecule has 0 nitrogen and oxygen atoms in total. The van der Waals surface area contributed by atoms with Crippen molar-refractivity contribution in [1.29, 1.82) is 0 Å². The topological polar surface area (TPSA) is 0 Å². The van der Waals surface area contributed by atoms with E-state index < -0.39 is 11.7 Å². The average Bonchev–Trinajstić information content (AvgIpc) is 2.12. The Bertz CT molecular complexity index is 413. The molecule has 0 aliphatic heterocycles. The standard InChI is InChI=1S/C10H5Cl2F3/c11-5-1-2-7-6-8(12)3-4-9(7)10(13,14)15/h3-4,6H,5H2. The number of hydrogen-bond acceptors (Lipinski definition) is 0. The van der Waals surface area contributed by atoms with Gasteiger partial charge in [0.05, 0.1) is 11.4 Å². The monoisotopic (exact) mass is 252 g/mol. The third kappa shape index (κ3) is 3.33. The van der Waals surface area contributed by atoms with Crippen LogP contribution in [0.5, 0.6) is 0 Å². The second kappa shape index (κ2) is 4.78. The Morgan fingerprint density at radius 2 is 1.93 bits per heavy atom. The van der Waals surface area contributed by atoms with Crippen LogP contribution in [-0.2, 0) is 6.18 Å². The number of rotatable bonds is 0. The zero-order chi connectivity index (χ0) is 11.5. The lowest BCUT2D eigenvalue weighted by Crippen LogP contribution is -2.07. The molecule has 0 fully saturated rings.